The molecule has 3 aromatic carbocycles. The number of benzene rings is 3. The third kappa shape index (κ3) is 6.63. The van der Waals surface area contributed by atoms with Gasteiger partial charge in [0.25, 0.3) is 5.92 Å². The maximum Gasteiger partial charge on any atom is 0.270 e. The van der Waals surface area contributed by atoms with Crippen molar-refractivity contribution in [1.82, 2.24) is 9.71 Å². The second-order valence-corrected chi connectivity index (χ2v) is 11.3. The van der Waals surface area contributed by atoms with Gasteiger partial charge in [-0.05, 0) is 41.8 Å². The first-order chi connectivity index (χ1) is 17.4. The minimum atomic E-state index is -4.08. The van der Waals surface area contributed by atoms with Gasteiger partial charge in [0, 0.05) is 31.1 Å². The van der Waals surface area contributed by atoms with E-state index in [1.165, 1.54) is 47.7 Å². The van der Waals surface area contributed by atoms with Crippen LogP contribution in [0.25, 0.3) is 10.2 Å². The predicted molar refractivity (Wildman–Crippen MR) is 134 cm³/mol. The van der Waals surface area contributed by atoms with Crippen molar-refractivity contribution in [3.63, 3.8) is 0 Å². The smallest absolute Gasteiger partial charge is 0.270 e. The van der Waals surface area contributed by atoms with Crippen LogP contribution in [0.15, 0.2) is 65.6 Å². The molecule has 0 aliphatic carbocycles. The predicted octanol–water partition coefficient (Wildman–Crippen LogP) is 5.18. The zero-order chi connectivity index (χ0) is 26.8. The van der Waals surface area contributed by atoms with Crippen molar-refractivity contribution in [3.05, 3.63) is 89.0 Å². The van der Waals surface area contributed by atoms with Crippen molar-refractivity contribution in [3.8, 4) is 0 Å². The molecule has 1 aromatic heterocycles. The maximum absolute atomic E-state index is 14.0. The molecule has 0 saturated carbocycles. The van der Waals surface area contributed by atoms with Gasteiger partial charge in [0.2, 0.25) is 10.0 Å². The van der Waals surface area contributed by atoms with Crippen LogP contribution in [0.5, 0.6) is 0 Å². The van der Waals surface area contributed by atoms with Gasteiger partial charge in [-0.25, -0.2) is 35.7 Å². The highest BCUT2D eigenvalue weighted by Gasteiger charge is 2.24. The number of nitrogens with zero attached hydrogens (tertiary/aromatic N) is 1. The Morgan fingerprint density at radius 1 is 1.05 bits per heavy atom. The lowest BCUT2D eigenvalue weighted by Gasteiger charge is -2.17. The fourth-order valence-corrected chi connectivity index (χ4v) is 5.85. The summed E-state index contributed by atoms with van der Waals surface area (Å²) < 4.78 is 82.7. The number of fused-ring (bicyclic) bond motifs is 1. The number of thiazole rings is 1. The van der Waals surface area contributed by atoms with Crippen LogP contribution in [0.4, 0.5) is 22.7 Å². The molecule has 1 heterocycles. The number of rotatable bonds is 10. The van der Waals surface area contributed by atoms with Crippen LogP contribution >= 0.6 is 11.3 Å². The van der Waals surface area contributed by atoms with Crippen LogP contribution in [0, 0.1) is 11.6 Å². The number of aromatic nitrogens is 1. The van der Waals surface area contributed by atoms with Gasteiger partial charge >= 0.3 is 0 Å². The van der Waals surface area contributed by atoms with E-state index >= 15 is 0 Å². The molecule has 196 valence electrons. The molecule has 4 rings (SSSR count). The zero-order valence-electron chi connectivity index (χ0n) is 19.5. The summed E-state index contributed by atoms with van der Waals surface area (Å²) >= 11 is 1.22. The molecule has 0 bridgehead atoms. The molecule has 4 aromatic rings. The van der Waals surface area contributed by atoms with E-state index < -0.39 is 40.2 Å². The third-order valence-corrected chi connectivity index (χ3v) is 8.09. The molecule has 0 radical (unpaired) electrons. The molecule has 0 aliphatic rings. The number of hydrogen-bond donors (Lipinski definition) is 3. The van der Waals surface area contributed by atoms with E-state index in [1.54, 1.807) is 12.1 Å². The number of halogens is 4. The molecule has 1 unspecified atom stereocenters. The lowest BCUT2D eigenvalue weighted by Crippen LogP contribution is -2.39. The van der Waals surface area contributed by atoms with Crippen LogP contribution in [0.1, 0.15) is 23.6 Å². The number of sulfonamides is 1. The van der Waals surface area contributed by atoms with E-state index in [9.17, 15) is 31.1 Å². The first-order valence-electron chi connectivity index (χ1n) is 11.1. The summed E-state index contributed by atoms with van der Waals surface area (Å²) in [6.45, 7) is 0.574. The summed E-state index contributed by atoms with van der Waals surface area (Å²) in [5.74, 6) is -4.50. The van der Waals surface area contributed by atoms with E-state index in [1.807, 2.05) is 0 Å². The van der Waals surface area contributed by atoms with Crippen molar-refractivity contribution < 1.29 is 31.1 Å². The van der Waals surface area contributed by atoms with Crippen LogP contribution < -0.4 is 10.0 Å². The Balaban J connectivity index is 1.45. The SMILES string of the molecule is CC(F)(F)c1ccc(CNc2nc3ccc(S(=O)(=O)NC(CO)Cc4ccc(F)cc4F)cc3s2)cc1. The van der Waals surface area contributed by atoms with Gasteiger partial charge < -0.3 is 10.4 Å². The Morgan fingerprint density at radius 3 is 2.43 bits per heavy atom. The van der Waals surface area contributed by atoms with Gasteiger partial charge in [-0.3, -0.25) is 0 Å². The highest BCUT2D eigenvalue weighted by molar-refractivity contribution is 7.89. The number of hydrogen-bond acceptors (Lipinski definition) is 6. The maximum atomic E-state index is 14.0. The minimum absolute atomic E-state index is 0.0646. The van der Waals surface area contributed by atoms with Crippen LogP contribution in [0.3, 0.4) is 0 Å². The monoisotopic (exact) mass is 553 g/mol. The second kappa shape index (κ2) is 10.7. The summed E-state index contributed by atoms with van der Waals surface area (Å²) in [6.07, 6.45) is -0.171. The lowest BCUT2D eigenvalue weighted by atomic mass is 10.1. The summed E-state index contributed by atoms with van der Waals surface area (Å²) in [4.78, 5) is 4.35. The Bertz CT molecular complexity index is 1500. The van der Waals surface area contributed by atoms with E-state index in [-0.39, 0.29) is 22.4 Å². The summed E-state index contributed by atoms with van der Waals surface area (Å²) in [5, 5.41) is 13.3. The van der Waals surface area contributed by atoms with Crippen molar-refractivity contribution in [2.45, 2.75) is 36.7 Å². The van der Waals surface area contributed by atoms with E-state index in [0.717, 1.165) is 18.6 Å². The van der Waals surface area contributed by atoms with E-state index in [4.69, 9.17) is 0 Å². The molecule has 0 saturated heterocycles. The van der Waals surface area contributed by atoms with Crippen molar-refractivity contribution in [1.29, 1.82) is 0 Å². The average Bonchev–Trinajstić information content (AvgIpc) is 3.26. The molecular formula is C25H23F4N3O3S2. The molecule has 1 atom stereocenters. The molecule has 12 heteroatoms. The van der Waals surface area contributed by atoms with Gasteiger partial charge in [-0.2, -0.15) is 0 Å². The van der Waals surface area contributed by atoms with Gasteiger partial charge in [-0.15, -0.1) is 0 Å². The molecule has 0 spiro atoms. The summed E-state index contributed by atoms with van der Waals surface area (Å²) in [6, 6.07) is 12.2. The average molecular weight is 554 g/mol. The topological polar surface area (TPSA) is 91.3 Å². The minimum Gasteiger partial charge on any atom is -0.395 e. The normalized spacial score (nSPS) is 13.1. The standard InChI is InChI=1S/C25H23F4N3O3S2/c1-25(28,29)17-5-2-15(3-6-17)13-30-24-31-22-9-8-20(12-23(22)36-24)37(34,35)32-19(14-33)10-16-4-7-18(26)11-21(16)27/h2-9,11-12,19,32-33H,10,13-14H2,1H3,(H,30,31). The Morgan fingerprint density at radius 2 is 1.78 bits per heavy atom. The Hall–Kier alpha value is -3.06. The van der Waals surface area contributed by atoms with Crippen molar-refractivity contribution >= 4 is 36.7 Å². The molecule has 6 nitrogen and oxygen atoms in total. The second-order valence-electron chi connectivity index (χ2n) is 8.53. The molecule has 37 heavy (non-hydrogen) atoms. The van der Waals surface area contributed by atoms with Crippen LogP contribution in [-0.4, -0.2) is 31.2 Å². The largest absolute Gasteiger partial charge is 0.395 e. The highest BCUT2D eigenvalue weighted by atomic mass is 32.2. The number of aliphatic hydroxyl groups is 1. The summed E-state index contributed by atoms with van der Waals surface area (Å²) in [7, 11) is -4.08. The van der Waals surface area contributed by atoms with Crippen LogP contribution in [-0.2, 0) is 28.9 Å². The molecule has 0 amide bonds. The van der Waals surface area contributed by atoms with Crippen LogP contribution in [0.2, 0.25) is 0 Å². The highest BCUT2D eigenvalue weighted by Crippen LogP contribution is 2.30. The first kappa shape index (κ1) is 27.0. The zero-order valence-corrected chi connectivity index (χ0v) is 21.1. The van der Waals surface area contributed by atoms with Crippen molar-refractivity contribution in [2.24, 2.45) is 0 Å². The van der Waals surface area contributed by atoms with Crippen molar-refractivity contribution in [2.75, 3.05) is 11.9 Å². The number of aliphatic hydroxyl groups excluding tert-OH is 1. The fourth-order valence-electron chi connectivity index (χ4n) is 3.62. The van der Waals surface area contributed by atoms with E-state index in [2.05, 4.69) is 15.0 Å². The van der Waals surface area contributed by atoms with E-state index in [0.29, 0.717) is 28.0 Å². The third-order valence-electron chi connectivity index (χ3n) is 5.60. The number of anilines is 1. The lowest BCUT2D eigenvalue weighted by molar-refractivity contribution is 0.0174. The summed E-state index contributed by atoms with van der Waals surface area (Å²) in [5.41, 5.74) is 1.31. The first-order valence-corrected chi connectivity index (χ1v) is 13.4. The Kier molecular flexibility index (Phi) is 7.83. The quantitative estimate of drug-likeness (QED) is 0.236. The molecule has 3 N–H and O–H groups in total. The van der Waals surface area contributed by atoms with Gasteiger partial charge in [0.05, 0.1) is 21.7 Å². The van der Waals surface area contributed by atoms with Gasteiger partial charge in [0.15, 0.2) is 5.13 Å². The molecule has 0 aliphatic heterocycles. The fraction of sp³-hybridized carbons (Fsp3) is 0.240. The number of alkyl halides is 2. The molecular weight excluding hydrogens is 530 g/mol. The van der Waals surface area contributed by atoms with Gasteiger partial charge in [-0.1, -0.05) is 41.7 Å². The Labute approximate surface area is 215 Å². The van der Waals surface area contributed by atoms with Gasteiger partial charge in [0.1, 0.15) is 11.6 Å². The molecule has 0 fully saturated rings. The number of nitrogens with one attached hydrogen (secondary N) is 2.